The number of rotatable bonds is 1. The summed E-state index contributed by atoms with van der Waals surface area (Å²) in [5.41, 5.74) is 3.98. The smallest absolute Gasteiger partial charge is 0.391 e. The first kappa shape index (κ1) is 14.5. The van der Waals surface area contributed by atoms with Crippen LogP contribution in [0.3, 0.4) is 0 Å². The minimum Gasteiger partial charge on any atom is -0.480 e. The third-order valence-electron chi connectivity index (χ3n) is 2.77. The van der Waals surface area contributed by atoms with E-state index in [2.05, 4.69) is 0 Å². The van der Waals surface area contributed by atoms with Crippen molar-refractivity contribution in [2.45, 2.75) is 37.4 Å². The third-order valence-corrected chi connectivity index (χ3v) is 2.77. The molecule has 0 aliphatic heterocycles. The fourth-order valence-corrected chi connectivity index (χ4v) is 1.67. The molecule has 15 heavy (non-hydrogen) atoms. The summed E-state index contributed by atoms with van der Waals surface area (Å²) >= 11 is 0. The number of hydrogen-bond donors (Lipinski definition) is 2. The Morgan fingerprint density at radius 2 is 1.73 bits per heavy atom. The summed E-state index contributed by atoms with van der Waals surface area (Å²) in [5, 5.41) is 8.68. The van der Waals surface area contributed by atoms with Gasteiger partial charge in [0.1, 0.15) is 5.54 Å². The van der Waals surface area contributed by atoms with Crippen LogP contribution >= 0.6 is 12.4 Å². The monoisotopic (exact) mass is 247 g/mol. The minimum atomic E-state index is -4.22. The molecule has 1 fully saturated rings. The summed E-state index contributed by atoms with van der Waals surface area (Å²) in [6, 6.07) is 0. The molecule has 1 aliphatic carbocycles. The zero-order valence-corrected chi connectivity index (χ0v) is 8.70. The second-order valence-corrected chi connectivity index (χ2v) is 3.78. The number of halogens is 4. The lowest BCUT2D eigenvalue weighted by Crippen LogP contribution is -2.51. The summed E-state index contributed by atoms with van der Waals surface area (Å²) < 4.78 is 36.6. The molecule has 0 spiro atoms. The second kappa shape index (κ2) is 4.57. The van der Waals surface area contributed by atoms with Gasteiger partial charge in [0.05, 0.1) is 5.92 Å². The predicted octanol–water partition coefficient (Wildman–Crippen LogP) is 1.94. The normalized spacial score (nSPS) is 31.9. The summed E-state index contributed by atoms with van der Waals surface area (Å²) in [5.74, 6) is -2.60. The highest BCUT2D eigenvalue weighted by atomic mass is 35.5. The maximum absolute atomic E-state index is 12.2. The Hall–Kier alpha value is -0.490. The molecule has 3 nitrogen and oxygen atoms in total. The molecule has 7 heteroatoms. The van der Waals surface area contributed by atoms with E-state index < -0.39 is 23.6 Å². The fraction of sp³-hybridized carbons (Fsp3) is 0.875. The van der Waals surface area contributed by atoms with E-state index >= 15 is 0 Å². The van der Waals surface area contributed by atoms with Crippen LogP contribution in [0, 0.1) is 5.92 Å². The summed E-state index contributed by atoms with van der Waals surface area (Å²) in [6.45, 7) is 0. The molecule has 0 aromatic heterocycles. The molecule has 0 bridgehead atoms. The van der Waals surface area contributed by atoms with E-state index in [0.29, 0.717) is 0 Å². The topological polar surface area (TPSA) is 63.3 Å². The van der Waals surface area contributed by atoms with Gasteiger partial charge in [-0.05, 0) is 25.7 Å². The molecule has 1 saturated carbocycles. The van der Waals surface area contributed by atoms with Gasteiger partial charge in [0.15, 0.2) is 0 Å². The molecule has 3 N–H and O–H groups in total. The SMILES string of the molecule is Cl.NC1(C(=O)O)CCC(C(F)(F)F)CC1. The average Bonchev–Trinajstić information content (AvgIpc) is 2.03. The molecular formula is C8H13ClF3NO2. The van der Waals surface area contributed by atoms with Crippen LogP contribution in [0.25, 0.3) is 0 Å². The van der Waals surface area contributed by atoms with Crippen molar-refractivity contribution in [1.82, 2.24) is 0 Å². The second-order valence-electron chi connectivity index (χ2n) is 3.78. The van der Waals surface area contributed by atoms with Gasteiger partial charge in [-0.15, -0.1) is 12.4 Å². The Labute approximate surface area is 91.2 Å². The maximum Gasteiger partial charge on any atom is 0.391 e. The van der Waals surface area contributed by atoms with Crippen LogP contribution in [-0.2, 0) is 4.79 Å². The zero-order valence-electron chi connectivity index (χ0n) is 7.88. The van der Waals surface area contributed by atoms with Crippen LogP contribution < -0.4 is 5.73 Å². The van der Waals surface area contributed by atoms with Crippen molar-refractivity contribution >= 4 is 18.4 Å². The summed E-state index contributed by atoms with van der Waals surface area (Å²) in [4.78, 5) is 10.6. The Morgan fingerprint density at radius 1 is 1.33 bits per heavy atom. The molecule has 0 amide bonds. The molecule has 0 unspecified atom stereocenters. The van der Waals surface area contributed by atoms with E-state index in [1.54, 1.807) is 0 Å². The zero-order chi connectivity index (χ0) is 11.0. The lowest BCUT2D eigenvalue weighted by Gasteiger charge is -2.34. The molecule has 0 atom stereocenters. The highest BCUT2D eigenvalue weighted by molar-refractivity contribution is 5.85. The van der Waals surface area contributed by atoms with Crippen LogP contribution in [0.15, 0.2) is 0 Å². The molecule has 0 saturated heterocycles. The first-order valence-corrected chi connectivity index (χ1v) is 4.35. The van der Waals surface area contributed by atoms with Gasteiger partial charge in [0, 0.05) is 0 Å². The number of alkyl halides is 3. The number of nitrogens with two attached hydrogens (primary N) is 1. The third kappa shape index (κ3) is 3.24. The first-order chi connectivity index (χ1) is 6.26. The molecular weight excluding hydrogens is 235 g/mol. The summed E-state index contributed by atoms with van der Waals surface area (Å²) in [7, 11) is 0. The first-order valence-electron chi connectivity index (χ1n) is 4.35. The lowest BCUT2D eigenvalue weighted by atomic mass is 9.77. The van der Waals surface area contributed by atoms with Gasteiger partial charge in [-0.1, -0.05) is 0 Å². The Bertz CT molecular complexity index is 237. The van der Waals surface area contributed by atoms with Crippen molar-refractivity contribution in [3.8, 4) is 0 Å². The van der Waals surface area contributed by atoms with E-state index in [1.165, 1.54) is 0 Å². The van der Waals surface area contributed by atoms with Gasteiger partial charge < -0.3 is 10.8 Å². The van der Waals surface area contributed by atoms with Gasteiger partial charge in [-0.3, -0.25) is 4.79 Å². The van der Waals surface area contributed by atoms with Crippen molar-refractivity contribution in [3.05, 3.63) is 0 Å². The molecule has 1 rings (SSSR count). The van der Waals surface area contributed by atoms with E-state index in [4.69, 9.17) is 10.8 Å². The van der Waals surface area contributed by atoms with Crippen LogP contribution in [-0.4, -0.2) is 22.8 Å². The van der Waals surface area contributed by atoms with Crippen molar-refractivity contribution in [3.63, 3.8) is 0 Å². The van der Waals surface area contributed by atoms with Gasteiger partial charge in [0.25, 0.3) is 0 Å². The van der Waals surface area contributed by atoms with Gasteiger partial charge in [-0.25, -0.2) is 0 Å². The quantitative estimate of drug-likeness (QED) is 0.744. The Morgan fingerprint density at radius 3 is 2.00 bits per heavy atom. The van der Waals surface area contributed by atoms with Crippen molar-refractivity contribution in [1.29, 1.82) is 0 Å². The largest absolute Gasteiger partial charge is 0.480 e. The van der Waals surface area contributed by atoms with Gasteiger partial charge in [0.2, 0.25) is 0 Å². The predicted molar refractivity (Wildman–Crippen MR) is 49.8 cm³/mol. The van der Waals surface area contributed by atoms with E-state index in [0.717, 1.165) is 0 Å². The number of hydrogen-bond acceptors (Lipinski definition) is 2. The molecule has 90 valence electrons. The number of aliphatic carboxylic acids is 1. The number of carboxylic acids is 1. The van der Waals surface area contributed by atoms with Gasteiger partial charge >= 0.3 is 12.1 Å². The fourth-order valence-electron chi connectivity index (χ4n) is 1.67. The highest BCUT2D eigenvalue weighted by Gasteiger charge is 2.47. The average molecular weight is 248 g/mol. The Kier molecular flexibility index (Phi) is 4.42. The van der Waals surface area contributed by atoms with Crippen LogP contribution in [0.5, 0.6) is 0 Å². The summed E-state index contributed by atoms with van der Waals surface area (Å²) in [6.07, 6.45) is -4.81. The van der Waals surface area contributed by atoms with Crippen molar-refractivity contribution in [2.75, 3.05) is 0 Å². The number of carboxylic acid groups (broad SMARTS) is 1. The highest BCUT2D eigenvalue weighted by Crippen LogP contribution is 2.40. The Balaban J connectivity index is 0.00000196. The lowest BCUT2D eigenvalue weighted by molar-refractivity contribution is -0.187. The minimum absolute atomic E-state index is 0. The van der Waals surface area contributed by atoms with Crippen molar-refractivity contribution < 1.29 is 23.1 Å². The van der Waals surface area contributed by atoms with E-state index in [9.17, 15) is 18.0 Å². The molecule has 1 aliphatic rings. The molecule has 0 aromatic carbocycles. The standard InChI is InChI=1S/C8H12F3NO2.ClH/c9-8(10,11)5-1-3-7(12,4-2-5)6(13)14;/h5H,1-4,12H2,(H,13,14);1H. The van der Waals surface area contributed by atoms with E-state index in [-0.39, 0.29) is 38.1 Å². The van der Waals surface area contributed by atoms with Crippen LogP contribution in [0.2, 0.25) is 0 Å². The molecule has 0 aromatic rings. The van der Waals surface area contributed by atoms with Crippen molar-refractivity contribution in [2.24, 2.45) is 11.7 Å². The molecule has 0 radical (unpaired) electrons. The van der Waals surface area contributed by atoms with Crippen LogP contribution in [0.1, 0.15) is 25.7 Å². The van der Waals surface area contributed by atoms with Crippen LogP contribution in [0.4, 0.5) is 13.2 Å². The maximum atomic E-state index is 12.2. The number of carbonyl (C=O) groups is 1. The van der Waals surface area contributed by atoms with Gasteiger partial charge in [-0.2, -0.15) is 13.2 Å². The van der Waals surface area contributed by atoms with E-state index in [1.807, 2.05) is 0 Å². The molecule has 0 heterocycles.